The SMILES string of the molecule is CSC[C@H](NC(=O)[C@@H](CC(=O)N1CCC(N)CC1)Cc1cccc2ccccc12)C(=O)N[C@@H](CC1CCCCC1)[C@@H](O)[C@@H](O)CCc1ccccn1. The van der Waals surface area contributed by atoms with Gasteiger partial charge in [-0.15, -0.1) is 0 Å². The first-order chi connectivity index (χ1) is 25.2. The van der Waals surface area contributed by atoms with Crippen LogP contribution in [-0.4, -0.2) is 93.3 Å². The highest BCUT2D eigenvalue weighted by Gasteiger charge is 2.34. The van der Waals surface area contributed by atoms with Crippen LogP contribution in [0.5, 0.6) is 0 Å². The summed E-state index contributed by atoms with van der Waals surface area (Å²) in [7, 11) is 0. The molecule has 1 saturated carbocycles. The molecule has 0 bridgehead atoms. The molecule has 0 radical (unpaired) electrons. The van der Waals surface area contributed by atoms with Gasteiger partial charge in [0.25, 0.3) is 0 Å². The van der Waals surface area contributed by atoms with Crippen LogP contribution in [0.15, 0.2) is 66.9 Å². The number of fused-ring (bicyclic) bond motifs is 1. The number of nitrogens with zero attached hydrogens (tertiary/aromatic N) is 2. The first kappa shape index (κ1) is 39.7. The average Bonchev–Trinajstić information content (AvgIpc) is 3.17. The molecule has 6 N–H and O–H groups in total. The summed E-state index contributed by atoms with van der Waals surface area (Å²) < 4.78 is 0. The van der Waals surface area contributed by atoms with Gasteiger partial charge >= 0.3 is 0 Å². The van der Waals surface area contributed by atoms with Gasteiger partial charge in [0.05, 0.1) is 18.1 Å². The van der Waals surface area contributed by atoms with Gasteiger partial charge in [0.15, 0.2) is 0 Å². The number of benzene rings is 2. The molecule has 1 saturated heterocycles. The van der Waals surface area contributed by atoms with Gasteiger partial charge in [-0.05, 0) is 79.2 Å². The Hall–Kier alpha value is -3.51. The third-order valence-electron chi connectivity index (χ3n) is 10.9. The summed E-state index contributed by atoms with van der Waals surface area (Å²) >= 11 is 1.44. The predicted molar refractivity (Wildman–Crippen MR) is 208 cm³/mol. The van der Waals surface area contributed by atoms with Crippen molar-refractivity contribution in [1.29, 1.82) is 0 Å². The molecular weight excluding hydrogens is 675 g/mol. The third kappa shape index (κ3) is 11.5. The Morgan fingerprint density at radius 1 is 0.923 bits per heavy atom. The molecule has 10 nitrogen and oxygen atoms in total. The lowest BCUT2D eigenvalue weighted by Crippen LogP contribution is -2.56. The maximum Gasteiger partial charge on any atom is 0.243 e. The molecule has 52 heavy (non-hydrogen) atoms. The number of thioether (sulfide) groups is 1. The molecule has 1 aliphatic heterocycles. The molecule has 2 heterocycles. The summed E-state index contributed by atoms with van der Waals surface area (Å²) in [4.78, 5) is 48.0. The first-order valence-electron chi connectivity index (χ1n) is 19.1. The summed E-state index contributed by atoms with van der Waals surface area (Å²) in [5.41, 5.74) is 7.89. The van der Waals surface area contributed by atoms with Crippen LogP contribution >= 0.6 is 11.8 Å². The number of nitrogens with one attached hydrogen (secondary N) is 2. The number of nitrogens with two attached hydrogens (primary N) is 1. The number of aliphatic hydroxyl groups excluding tert-OH is 2. The highest BCUT2D eigenvalue weighted by molar-refractivity contribution is 7.98. The lowest BCUT2D eigenvalue weighted by Gasteiger charge is -2.33. The minimum Gasteiger partial charge on any atom is -0.390 e. The van der Waals surface area contributed by atoms with E-state index in [1.165, 1.54) is 18.2 Å². The van der Waals surface area contributed by atoms with Crippen LogP contribution in [0.25, 0.3) is 10.8 Å². The van der Waals surface area contributed by atoms with Crippen LogP contribution in [0.4, 0.5) is 0 Å². The molecule has 1 aliphatic carbocycles. The number of aliphatic hydroxyl groups is 2. The Morgan fingerprint density at radius 2 is 1.65 bits per heavy atom. The standard InChI is InChI=1S/C41H57N5O5S/c1-52-27-36(41(51)44-35(24-28-10-3-2-4-11-28)39(49)37(47)18-17-33-15-7-8-21-43-33)45-40(50)31(26-38(48)46-22-19-32(42)20-23-46)25-30-14-9-13-29-12-5-6-16-34(29)30/h5-9,12-16,21,28,31-32,35-37,39,47,49H,2-4,10-11,17-20,22-27,42H2,1H3,(H,44,51)(H,45,50)/t31-,35+,36+,37+,39-/m1/s1. The van der Waals surface area contributed by atoms with Crippen molar-refractivity contribution >= 4 is 40.3 Å². The maximum absolute atomic E-state index is 14.2. The van der Waals surface area contributed by atoms with Crippen molar-refractivity contribution in [2.75, 3.05) is 25.1 Å². The minimum absolute atomic E-state index is 0.0172. The number of aromatic nitrogens is 1. The van der Waals surface area contributed by atoms with E-state index in [2.05, 4.69) is 15.6 Å². The minimum atomic E-state index is -1.19. The van der Waals surface area contributed by atoms with Crippen molar-refractivity contribution < 1.29 is 24.6 Å². The number of hydrogen-bond donors (Lipinski definition) is 5. The van der Waals surface area contributed by atoms with Crippen LogP contribution in [-0.2, 0) is 27.2 Å². The predicted octanol–water partition coefficient (Wildman–Crippen LogP) is 4.39. The summed E-state index contributed by atoms with van der Waals surface area (Å²) in [5.74, 6) is -0.920. The molecule has 3 aromatic rings. The van der Waals surface area contributed by atoms with Gasteiger partial charge in [-0.3, -0.25) is 19.4 Å². The van der Waals surface area contributed by atoms with Gasteiger partial charge in [0.1, 0.15) is 12.1 Å². The number of aryl methyl sites for hydroxylation is 1. The zero-order valence-electron chi connectivity index (χ0n) is 30.5. The Labute approximate surface area is 312 Å². The fourth-order valence-electron chi connectivity index (χ4n) is 7.75. The number of likely N-dealkylation sites (tertiary alicyclic amines) is 1. The molecule has 282 valence electrons. The quantitative estimate of drug-likeness (QED) is 0.137. The van der Waals surface area contributed by atoms with E-state index in [0.717, 1.165) is 60.6 Å². The fourth-order valence-corrected chi connectivity index (χ4v) is 8.32. The van der Waals surface area contributed by atoms with E-state index >= 15 is 0 Å². The molecular formula is C41H57N5O5S. The topological polar surface area (TPSA) is 158 Å². The molecule has 3 amide bonds. The van der Waals surface area contributed by atoms with E-state index in [4.69, 9.17) is 5.73 Å². The highest BCUT2D eigenvalue weighted by atomic mass is 32.2. The van der Waals surface area contributed by atoms with E-state index < -0.39 is 36.1 Å². The highest BCUT2D eigenvalue weighted by Crippen LogP contribution is 2.29. The number of carbonyl (C=O) groups excluding carboxylic acids is 3. The van der Waals surface area contributed by atoms with Crippen molar-refractivity contribution in [2.45, 2.75) is 107 Å². The summed E-state index contributed by atoms with van der Waals surface area (Å²) in [6.07, 6.45) is 9.91. The molecule has 1 aromatic heterocycles. The summed E-state index contributed by atoms with van der Waals surface area (Å²) in [6, 6.07) is 18.1. The Bertz CT molecular complexity index is 1570. The smallest absolute Gasteiger partial charge is 0.243 e. The summed E-state index contributed by atoms with van der Waals surface area (Å²) in [5, 5.41) is 30.8. The van der Waals surface area contributed by atoms with Gasteiger partial charge in [0.2, 0.25) is 17.7 Å². The molecule has 11 heteroatoms. The second kappa shape index (κ2) is 20.1. The van der Waals surface area contributed by atoms with Crippen LogP contribution in [0, 0.1) is 11.8 Å². The van der Waals surface area contributed by atoms with Gasteiger partial charge in [0, 0.05) is 43.2 Å². The van der Waals surface area contributed by atoms with E-state index in [1.54, 1.807) is 11.1 Å². The second-order valence-electron chi connectivity index (χ2n) is 14.8. The van der Waals surface area contributed by atoms with E-state index in [0.29, 0.717) is 50.4 Å². The Balaban J connectivity index is 1.31. The van der Waals surface area contributed by atoms with E-state index in [9.17, 15) is 24.6 Å². The number of piperidine rings is 1. The number of pyridine rings is 1. The fraction of sp³-hybridized carbons (Fsp3) is 0.561. The monoisotopic (exact) mass is 731 g/mol. The Morgan fingerprint density at radius 3 is 2.38 bits per heavy atom. The van der Waals surface area contributed by atoms with Gasteiger partial charge in [-0.2, -0.15) is 11.8 Å². The number of rotatable bonds is 17. The lowest BCUT2D eigenvalue weighted by atomic mass is 9.82. The van der Waals surface area contributed by atoms with Crippen LogP contribution in [0.2, 0.25) is 0 Å². The van der Waals surface area contributed by atoms with Crippen LogP contribution < -0.4 is 16.4 Å². The molecule has 2 aliphatic rings. The zero-order chi connectivity index (χ0) is 36.9. The van der Waals surface area contributed by atoms with Gasteiger partial charge in [-0.1, -0.05) is 80.6 Å². The molecule has 5 atom stereocenters. The maximum atomic E-state index is 14.2. The van der Waals surface area contributed by atoms with Crippen LogP contribution in [0.1, 0.15) is 75.5 Å². The van der Waals surface area contributed by atoms with Crippen molar-refractivity contribution in [3.05, 3.63) is 78.1 Å². The zero-order valence-corrected chi connectivity index (χ0v) is 31.3. The van der Waals surface area contributed by atoms with Crippen molar-refractivity contribution in [2.24, 2.45) is 17.6 Å². The van der Waals surface area contributed by atoms with Gasteiger partial charge < -0.3 is 31.5 Å². The van der Waals surface area contributed by atoms with Crippen LogP contribution in [0.3, 0.4) is 0 Å². The molecule has 0 unspecified atom stereocenters. The number of hydrogen-bond acceptors (Lipinski definition) is 8. The normalized spacial score (nSPS) is 18.7. The van der Waals surface area contributed by atoms with Crippen molar-refractivity contribution in [3.63, 3.8) is 0 Å². The molecule has 0 spiro atoms. The lowest BCUT2D eigenvalue weighted by molar-refractivity contribution is -0.138. The van der Waals surface area contributed by atoms with Crippen molar-refractivity contribution in [1.82, 2.24) is 20.5 Å². The number of carbonyl (C=O) groups is 3. The second-order valence-corrected chi connectivity index (χ2v) is 15.7. The van der Waals surface area contributed by atoms with E-state index in [-0.39, 0.29) is 24.3 Å². The third-order valence-corrected chi connectivity index (χ3v) is 11.5. The molecule has 2 fully saturated rings. The largest absolute Gasteiger partial charge is 0.390 e. The van der Waals surface area contributed by atoms with Gasteiger partial charge in [-0.25, -0.2) is 0 Å². The average molecular weight is 732 g/mol. The van der Waals surface area contributed by atoms with Crippen molar-refractivity contribution in [3.8, 4) is 0 Å². The first-order valence-corrected chi connectivity index (χ1v) is 20.5. The molecule has 5 rings (SSSR count). The Kier molecular flexibility index (Phi) is 15.3. The summed E-state index contributed by atoms with van der Waals surface area (Å²) in [6.45, 7) is 1.14. The molecule has 2 aromatic carbocycles. The van der Waals surface area contributed by atoms with E-state index in [1.807, 2.05) is 66.9 Å². The number of amides is 3.